The van der Waals surface area contributed by atoms with Crippen LogP contribution in [0.25, 0.3) is 0 Å². The smallest absolute Gasteiger partial charge is 0.174 e. The molecule has 19 heavy (non-hydrogen) atoms. The van der Waals surface area contributed by atoms with Crippen LogP contribution in [0, 0.1) is 5.82 Å². The molecule has 0 bridgehead atoms. The van der Waals surface area contributed by atoms with E-state index < -0.39 is 0 Å². The van der Waals surface area contributed by atoms with Gasteiger partial charge in [-0.2, -0.15) is 4.37 Å². The first-order chi connectivity index (χ1) is 9.22. The maximum Gasteiger partial charge on any atom is 0.174 e. The fourth-order valence-electron chi connectivity index (χ4n) is 1.52. The van der Waals surface area contributed by atoms with Crippen LogP contribution in [-0.4, -0.2) is 15.9 Å². The normalized spacial score (nSPS) is 10.9. The SMILES string of the molecule is CCNCc1ccc(Sc2nc(CC)ns2)c(F)c1. The molecule has 2 aromatic rings. The summed E-state index contributed by atoms with van der Waals surface area (Å²) in [7, 11) is 0. The minimum absolute atomic E-state index is 0.200. The number of rotatable bonds is 6. The Bertz CT molecular complexity index is 542. The summed E-state index contributed by atoms with van der Waals surface area (Å²) in [6.45, 7) is 5.60. The third kappa shape index (κ3) is 3.99. The molecule has 3 nitrogen and oxygen atoms in total. The molecule has 6 heteroatoms. The highest BCUT2D eigenvalue weighted by Crippen LogP contribution is 2.31. The molecule has 0 aliphatic rings. The van der Waals surface area contributed by atoms with Crippen LogP contribution in [0.3, 0.4) is 0 Å². The van der Waals surface area contributed by atoms with E-state index in [1.807, 2.05) is 19.9 Å². The van der Waals surface area contributed by atoms with E-state index in [1.165, 1.54) is 23.3 Å². The zero-order valence-corrected chi connectivity index (χ0v) is 12.6. The molecule has 0 spiro atoms. The van der Waals surface area contributed by atoms with Crippen molar-refractivity contribution in [3.05, 3.63) is 35.4 Å². The van der Waals surface area contributed by atoms with Crippen molar-refractivity contribution in [2.75, 3.05) is 6.54 Å². The standard InChI is InChI=1S/C13H16FN3S2/c1-3-12-16-13(19-17-12)18-11-6-5-9(7-10(11)14)8-15-4-2/h5-7,15H,3-4,8H2,1-2H3. The molecule has 0 amide bonds. The Morgan fingerprint density at radius 2 is 2.21 bits per heavy atom. The van der Waals surface area contributed by atoms with E-state index in [0.29, 0.717) is 11.4 Å². The number of hydrogen-bond acceptors (Lipinski definition) is 5. The van der Waals surface area contributed by atoms with E-state index in [0.717, 1.165) is 28.7 Å². The molecule has 0 saturated carbocycles. The number of aromatic nitrogens is 2. The lowest BCUT2D eigenvalue weighted by Gasteiger charge is -2.05. The molecule has 0 radical (unpaired) electrons. The number of aryl methyl sites for hydroxylation is 1. The van der Waals surface area contributed by atoms with Crippen molar-refractivity contribution >= 4 is 23.3 Å². The highest BCUT2D eigenvalue weighted by molar-refractivity contribution is 8.01. The fraction of sp³-hybridized carbons (Fsp3) is 0.385. The number of benzene rings is 1. The van der Waals surface area contributed by atoms with Crippen molar-refractivity contribution in [1.82, 2.24) is 14.7 Å². The van der Waals surface area contributed by atoms with Crippen LogP contribution < -0.4 is 5.32 Å². The Kier molecular flexibility index (Phi) is 5.30. The number of nitrogens with one attached hydrogen (secondary N) is 1. The summed E-state index contributed by atoms with van der Waals surface area (Å²) in [5.74, 6) is 0.616. The third-order valence-electron chi connectivity index (χ3n) is 2.54. The van der Waals surface area contributed by atoms with Crippen LogP contribution in [0.1, 0.15) is 25.2 Å². The van der Waals surface area contributed by atoms with Crippen molar-refractivity contribution < 1.29 is 4.39 Å². The summed E-state index contributed by atoms with van der Waals surface area (Å²) in [6.07, 6.45) is 0.807. The number of nitrogens with zero attached hydrogens (tertiary/aromatic N) is 2. The molecular formula is C13H16FN3S2. The van der Waals surface area contributed by atoms with Crippen LogP contribution >= 0.6 is 23.3 Å². The molecule has 0 unspecified atom stereocenters. The van der Waals surface area contributed by atoms with Gasteiger partial charge in [0, 0.05) is 13.0 Å². The van der Waals surface area contributed by atoms with Gasteiger partial charge in [-0.15, -0.1) is 0 Å². The topological polar surface area (TPSA) is 37.8 Å². The van der Waals surface area contributed by atoms with Gasteiger partial charge in [0.25, 0.3) is 0 Å². The van der Waals surface area contributed by atoms with Crippen molar-refractivity contribution in [1.29, 1.82) is 0 Å². The van der Waals surface area contributed by atoms with Gasteiger partial charge in [-0.1, -0.05) is 31.7 Å². The van der Waals surface area contributed by atoms with Crippen LogP contribution in [0.15, 0.2) is 27.4 Å². The third-order valence-corrected chi connectivity index (χ3v) is 4.38. The quantitative estimate of drug-likeness (QED) is 0.885. The van der Waals surface area contributed by atoms with E-state index in [2.05, 4.69) is 14.7 Å². The lowest BCUT2D eigenvalue weighted by Crippen LogP contribution is -2.11. The monoisotopic (exact) mass is 297 g/mol. The second-order valence-electron chi connectivity index (χ2n) is 3.98. The van der Waals surface area contributed by atoms with Crippen LogP contribution in [-0.2, 0) is 13.0 Å². The van der Waals surface area contributed by atoms with E-state index in [-0.39, 0.29) is 5.82 Å². The van der Waals surface area contributed by atoms with E-state index in [4.69, 9.17) is 0 Å². The Hall–Kier alpha value is -0.980. The van der Waals surface area contributed by atoms with Crippen LogP contribution in [0.5, 0.6) is 0 Å². The van der Waals surface area contributed by atoms with Crippen molar-refractivity contribution in [2.45, 2.75) is 36.0 Å². The van der Waals surface area contributed by atoms with E-state index in [9.17, 15) is 4.39 Å². The molecule has 2 rings (SSSR count). The van der Waals surface area contributed by atoms with Gasteiger partial charge in [0.2, 0.25) is 0 Å². The van der Waals surface area contributed by atoms with Crippen molar-refractivity contribution in [3.63, 3.8) is 0 Å². The second kappa shape index (κ2) is 6.98. The van der Waals surface area contributed by atoms with Gasteiger partial charge in [0.1, 0.15) is 11.6 Å². The summed E-state index contributed by atoms with van der Waals surface area (Å²) in [5, 5.41) is 3.18. The maximum absolute atomic E-state index is 14.0. The molecule has 0 fully saturated rings. The van der Waals surface area contributed by atoms with Gasteiger partial charge in [-0.05, 0) is 35.8 Å². The first-order valence-electron chi connectivity index (χ1n) is 6.22. The Morgan fingerprint density at radius 3 is 2.84 bits per heavy atom. The zero-order chi connectivity index (χ0) is 13.7. The minimum atomic E-state index is -0.200. The van der Waals surface area contributed by atoms with Crippen molar-refractivity contribution in [3.8, 4) is 0 Å². The molecule has 0 aliphatic carbocycles. The molecule has 0 atom stereocenters. The molecule has 102 valence electrons. The molecular weight excluding hydrogens is 281 g/mol. The fourth-order valence-corrected chi connectivity index (χ4v) is 3.18. The predicted octanol–water partition coefficient (Wildman–Crippen LogP) is 3.50. The van der Waals surface area contributed by atoms with Crippen LogP contribution in [0.4, 0.5) is 4.39 Å². The lowest BCUT2D eigenvalue weighted by molar-refractivity contribution is 0.596. The lowest BCUT2D eigenvalue weighted by atomic mass is 10.2. The Labute approximate surface area is 120 Å². The largest absolute Gasteiger partial charge is 0.313 e. The highest BCUT2D eigenvalue weighted by atomic mass is 32.2. The Balaban J connectivity index is 2.08. The molecule has 1 aromatic heterocycles. The number of hydrogen-bond donors (Lipinski definition) is 1. The van der Waals surface area contributed by atoms with Crippen molar-refractivity contribution in [2.24, 2.45) is 0 Å². The molecule has 1 aromatic carbocycles. The first kappa shape index (κ1) is 14.4. The minimum Gasteiger partial charge on any atom is -0.313 e. The molecule has 1 heterocycles. The van der Waals surface area contributed by atoms with Gasteiger partial charge in [-0.25, -0.2) is 9.37 Å². The average molecular weight is 297 g/mol. The summed E-state index contributed by atoms with van der Waals surface area (Å²) in [5.41, 5.74) is 0.954. The van der Waals surface area contributed by atoms with Gasteiger partial charge in [-0.3, -0.25) is 0 Å². The van der Waals surface area contributed by atoms with E-state index >= 15 is 0 Å². The highest BCUT2D eigenvalue weighted by Gasteiger charge is 2.09. The van der Waals surface area contributed by atoms with Gasteiger partial charge < -0.3 is 5.32 Å². The second-order valence-corrected chi connectivity index (χ2v) is 6.02. The first-order valence-corrected chi connectivity index (χ1v) is 7.81. The summed E-state index contributed by atoms with van der Waals surface area (Å²) in [6, 6.07) is 5.32. The Morgan fingerprint density at radius 1 is 1.37 bits per heavy atom. The summed E-state index contributed by atoms with van der Waals surface area (Å²) < 4.78 is 18.9. The zero-order valence-electron chi connectivity index (χ0n) is 10.9. The molecule has 0 saturated heterocycles. The summed E-state index contributed by atoms with van der Waals surface area (Å²) >= 11 is 2.65. The average Bonchev–Trinajstić information content (AvgIpc) is 2.87. The number of halogens is 1. The van der Waals surface area contributed by atoms with Gasteiger partial charge in [0.05, 0.1) is 4.90 Å². The molecule has 1 N–H and O–H groups in total. The van der Waals surface area contributed by atoms with Crippen LogP contribution in [0.2, 0.25) is 0 Å². The van der Waals surface area contributed by atoms with Gasteiger partial charge >= 0.3 is 0 Å². The van der Waals surface area contributed by atoms with E-state index in [1.54, 1.807) is 12.1 Å². The predicted molar refractivity (Wildman–Crippen MR) is 77.2 cm³/mol. The van der Waals surface area contributed by atoms with Gasteiger partial charge in [0.15, 0.2) is 4.34 Å². The maximum atomic E-state index is 14.0. The summed E-state index contributed by atoms with van der Waals surface area (Å²) in [4.78, 5) is 4.92. The molecule has 0 aliphatic heterocycles.